The van der Waals surface area contributed by atoms with Crippen LogP contribution in [0, 0.1) is 6.92 Å². The van der Waals surface area contributed by atoms with E-state index in [1.54, 1.807) is 24.3 Å². The molecule has 0 aliphatic heterocycles. The molecule has 0 heterocycles. The van der Waals surface area contributed by atoms with Gasteiger partial charge in [-0.2, -0.15) is 0 Å². The van der Waals surface area contributed by atoms with E-state index in [2.05, 4.69) is 0 Å². The maximum Gasteiger partial charge on any atom is 0.352 e. The van der Waals surface area contributed by atoms with Gasteiger partial charge in [0.15, 0.2) is 5.78 Å². The fourth-order valence-electron chi connectivity index (χ4n) is 2.49. The van der Waals surface area contributed by atoms with Gasteiger partial charge < -0.3 is 4.74 Å². The number of Topliss-reactive ketones (excluding diaryl/α,β-unsaturated/α-hetero) is 1. The summed E-state index contributed by atoms with van der Waals surface area (Å²) < 4.78 is 5.87. The van der Waals surface area contributed by atoms with Gasteiger partial charge in [0.25, 0.3) is 0 Å². The van der Waals surface area contributed by atoms with E-state index in [-0.39, 0.29) is 12.4 Å². The zero-order valence-corrected chi connectivity index (χ0v) is 15.2. The summed E-state index contributed by atoms with van der Waals surface area (Å²) in [4.78, 5) is 23.8. The quantitative estimate of drug-likeness (QED) is 0.359. The van der Waals surface area contributed by atoms with E-state index >= 15 is 0 Å². The van der Waals surface area contributed by atoms with Crippen molar-refractivity contribution in [3.05, 3.63) is 59.2 Å². The number of ketones is 1. The van der Waals surface area contributed by atoms with Crippen LogP contribution in [0.5, 0.6) is 5.75 Å². The van der Waals surface area contributed by atoms with Crippen molar-refractivity contribution >= 4 is 17.5 Å². The monoisotopic (exact) mass is 356 g/mol. The Hall–Kier alpha value is -2.90. The Morgan fingerprint density at radius 3 is 2.42 bits per heavy atom. The first kappa shape index (κ1) is 19.4. The van der Waals surface area contributed by atoms with Crippen molar-refractivity contribution in [2.45, 2.75) is 26.9 Å². The Morgan fingerprint density at radius 1 is 1.12 bits per heavy atom. The van der Waals surface area contributed by atoms with E-state index in [1.807, 2.05) is 32.0 Å². The summed E-state index contributed by atoms with van der Waals surface area (Å²) in [6, 6.07) is 12.0. The highest BCUT2D eigenvalue weighted by Gasteiger charge is 2.17. The number of carbonyl (C=O) groups excluding carboxylic acids is 2. The first-order valence-corrected chi connectivity index (χ1v) is 8.27. The Labute approximate surface area is 153 Å². The topological polar surface area (TPSA) is 102 Å². The van der Waals surface area contributed by atoms with E-state index in [9.17, 15) is 9.59 Å². The van der Waals surface area contributed by atoms with Gasteiger partial charge in [-0.15, -0.1) is 0 Å². The molecule has 0 saturated carbocycles. The molecule has 0 bridgehead atoms. The van der Waals surface area contributed by atoms with Gasteiger partial charge in [0.2, 0.25) is 0 Å². The molecule has 0 aromatic heterocycles. The van der Waals surface area contributed by atoms with Crippen molar-refractivity contribution in [3.63, 3.8) is 0 Å². The Morgan fingerprint density at radius 2 is 1.81 bits per heavy atom. The van der Waals surface area contributed by atoms with E-state index in [0.717, 1.165) is 21.1 Å². The summed E-state index contributed by atoms with van der Waals surface area (Å²) in [5, 5.41) is 1.89. The Bertz CT molecular complexity index is 805. The van der Waals surface area contributed by atoms with Gasteiger partial charge in [-0.1, -0.05) is 25.1 Å². The average Bonchev–Trinajstić information content (AvgIpc) is 2.65. The van der Waals surface area contributed by atoms with Gasteiger partial charge in [0, 0.05) is 24.6 Å². The molecule has 2 aromatic carbocycles. The number of benzene rings is 2. The smallest absolute Gasteiger partial charge is 0.352 e. The number of hydrogen-bond donors (Lipinski definition) is 2. The van der Waals surface area contributed by atoms with Gasteiger partial charge in [-0.3, -0.25) is 9.80 Å². The first-order valence-electron chi connectivity index (χ1n) is 8.27. The summed E-state index contributed by atoms with van der Waals surface area (Å²) in [5.41, 5.74) is 2.77. The number of aryl methyl sites for hydroxylation is 1. The van der Waals surface area contributed by atoms with E-state index in [1.165, 1.54) is 7.05 Å². The number of ether oxygens (including phenoxy) is 1. The number of hydrogen-bond acceptors (Lipinski definition) is 5. The van der Waals surface area contributed by atoms with Crippen molar-refractivity contribution in [1.82, 2.24) is 5.01 Å². The lowest BCUT2D eigenvalue weighted by atomic mass is 10.1. The Kier molecular flexibility index (Phi) is 6.32. The van der Waals surface area contributed by atoms with Crippen LogP contribution >= 0.6 is 0 Å². The molecule has 26 heavy (non-hydrogen) atoms. The number of urea groups is 1. The lowest BCUT2D eigenvalue weighted by molar-refractivity contribution is 0.0988. The van der Waals surface area contributed by atoms with Gasteiger partial charge >= 0.3 is 6.03 Å². The molecular formula is C19H24N4O3. The maximum atomic E-state index is 12.0. The standard InChI is InChI=1S/C19H24N4O3/c1-4-17(24)14-9-10-18(13(2)11-14)26-12-15-7-5-6-8-16(15)23(21)19(25)22(3)20/h5-11H,4,12,20-21H2,1-3H3. The third kappa shape index (κ3) is 4.38. The minimum Gasteiger partial charge on any atom is -0.489 e. The number of anilines is 1. The van der Waals surface area contributed by atoms with Crippen LogP contribution in [0.3, 0.4) is 0 Å². The SMILES string of the molecule is CCC(=O)c1ccc(OCc2ccccc2N(N)C(=O)N(C)N)c(C)c1. The van der Waals surface area contributed by atoms with E-state index in [4.69, 9.17) is 16.4 Å². The molecule has 0 spiro atoms. The van der Waals surface area contributed by atoms with Gasteiger partial charge in [0.05, 0.1) is 5.69 Å². The highest BCUT2D eigenvalue weighted by atomic mass is 16.5. The second kappa shape index (κ2) is 8.46. The molecule has 0 radical (unpaired) electrons. The fourth-order valence-corrected chi connectivity index (χ4v) is 2.49. The molecule has 138 valence electrons. The molecule has 7 nitrogen and oxygen atoms in total. The van der Waals surface area contributed by atoms with Crippen molar-refractivity contribution in [1.29, 1.82) is 0 Å². The lowest BCUT2D eigenvalue weighted by Gasteiger charge is -2.23. The predicted octanol–water partition coefficient (Wildman–Crippen LogP) is 2.77. The highest BCUT2D eigenvalue weighted by Crippen LogP contribution is 2.24. The van der Waals surface area contributed by atoms with E-state index < -0.39 is 6.03 Å². The number of carbonyl (C=O) groups is 2. The minimum absolute atomic E-state index is 0.0909. The molecule has 7 heteroatoms. The van der Waals surface area contributed by atoms with Crippen molar-refractivity contribution in [2.24, 2.45) is 11.7 Å². The van der Waals surface area contributed by atoms with Crippen LogP contribution in [0.15, 0.2) is 42.5 Å². The van der Waals surface area contributed by atoms with Crippen LogP contribution in [0.4, 0.5) is 10.5 Å². The number of para-hydroxylation sites is 1. The van der Waals surface area contributed by atoms with Crippen molar-refractivity contribution in [3.8, 4) is 5.75 Å². The largest absolute Gasteiger partial charge is 0.489 e. The number of nitrogens with zero attached hydrogens (tertiary/aromatic N) is 2. The normalized spacial score (nSPS) is 10.3. The summed E-state index contributed by atoms with van der Waals surface area (Å²) in [5.74, 6) is 12.1. The summed E-state index contributed by atoms with van der Waals surface area (Å²) in [7, 11) is 1.42. The fraction of sp³-hybridized carbons (Fsp3) is 0.263. The molecule has 2 rings (SSSR count). The van der Waals surface area contributed by atoms with Crippen LogP contribution in [-0.2, 0) is 6.61 Å². The van der Waals surface area contributed by atoms with Gasteiger partial charge in [-0.25, -0.2) is 21.5 Å². The van der Waals surface area contributed by atoms with Crippen molar-refractivity contribution in [2.75, 3.05) is 12.1 Å². The van der Waals surface area contributed by atoms with Crippen LogP contribution in [0.25, 0.3) is 0 Å². The highest BCUT2D eigenvalue weighted by molar-refractivity contribution is 5.96. The molecule has 0 atom stereocenters. The van der Waals surface area contributed by atoms with Crippen LogP contribution in [0.1, 0.15) is 34.8 Å². The molecular weight excluding hydrogens is 332 g/mol. The first-order chi connectivity index (χ1) is 12.3. The molecule has 2 amide bonds. The van der Waals surface area contributed by atoms with Gasteiger partial charge in [0.1, 0.15) is 12.4 Å². The number of amides is 2. The molecule has 4 N–H and O–H groups in total. The lowest BCUT2D eigenvalue weighted by Crippen LogP contribution is -2.49. The van der Waals surface area contributed by atoms with E-state index in [0.29, 0.717) is 23.4 Å². The zero-order chi connectivity index (χ0) is 19.3. The molecule has 0 unspecified atom stereocenters. The summed E-state index contributed by atoms with van der Waals surface area (Å²) in [6.07, 6.45) is 0.461. The predicted molar refractivity (Wildman–Crippen MR) is 101 cm³/mol. The third-order valence-corrected chi connectivity index (χ3v) is 3.96. The summed E-state index contributed by atoms with van der Waals surface area (Å²) >= 11 is 0. The second-order valence-electron chi connectivity index (χ2n) is 5.94. The minimum atomic E-state index is -0.545. The van der Waals surface area contributed by atoms with Crippen LogP contribution in [0.2, 0.25) is 0 Å². The average molecular weight is 356 g/mol. The number of rotatable bonds is 6. The summed E-state index contributed by atoms with van der Waals surface area (Å²) in [6.45, 7) is 3.93. The number of hydrazine groups is 2. The van der Waals surface area contributed by atoms with Crippen molar-refractivity contribution < 1.29 is 14.3 Å². The zero-order valence-electron chi connectivity index (χ0n) is 15.2. The molecule has 0 aliphatic carbocycles. The van der Waals surface area contributed by atoms with Crippen LogP contribution in [-0.4, -0.2) is 23.9 Å². The molecule has 0 fully saturated rings. The maximum absolute atomic E-state index is 12.0. The third-order valence-electron chi connectivity index (χ3n) is 3.96. The number of nitrogens with two attached hydrogens (primary N) is 2. The Balaban J connectivity index is 2.18. The second-order valence-corrected chi connectivity index (χ2v) is 5.94. The molecule has 2 aromatic rings. The molecule has 0 aliphatic rings. The van der Waals surface area contributed by atoms with Gasteiger partial charge in [-0.05, 0) is 36.8 Å². The molecule has 0 saturated heterocycles. The van der Waals surface area contributed by atoms with Crippen LogP contribution < -0.4 is 21.4 Å².